The first-order valence-electron chi connectivity index (χ1n) is 9.81. The summed E-state index contributed by atoms with van der Waals surface area (Å²) in [5.74, 6) is -1.66. The van der Waals surface area contributed by atoms with Gasteiger partial charge < -0.3 is 10.2 Å². The molecule has 7 nitrogen and oxygen atoms in total. The predicted octanol–water partition coefficient (Wildman–Crippen LogP) is 2.83. The number of Topliss-reactive ketones (excluding diaryl/α,β-unsaturated/α-hetero) is 1. The number of amidine groups is 1. The molecular weight excluding hydrogens is 378 g/mol. The third-order valence-corrected chi connectivity index (χ3v) is 6.48. The van der Waals surface area contributed by atoms with Crippen molar-refractivity contribution in [3.63, 3.8) is 0 Å². The first-order valence-corrected chi connectivity index (χ1v) is 11.3. The number of likely N-dealkylation sites (tertiary alicyclic amines) is 1. The van der Waals surface area contributed by atoms with Crippen LogP contribution in [0.5, 0.6) is 0 Å². The summed E-state index contributed by atoms with van der Waals surface area (Å²) >= 11 is 0. The number of rotatable bonds is 7. The van der Waals surface area contributed by atoms with Crippen LogP contribution in [0.15, 0.2) is 33.6 Å². The van der Waals surface area contributed by atoms with Crippen LogP contribution in [0.3, 0.4) is 0 Å². The molecule has 1 aromatic carbocycles. The zero-order valence-electron chi connectivity index (χ0n) is 16.5. The molecule has 1 unspecified atom stereocenters. The van der Waals surface area contributed by atoms with E-state index in [4.69, 9.17) is 0 Å². The van der Waals surface area contributed by atoms with E-state index in [9.17, 15) is 18.0 Å². The molecule has 0 spiro atoms. The number of amides is 1. The zero-order valence-corrected chi connectivity index (χ0v) is 17.3. The molecule has 1 fully saturated rings. The van der Waals surface area contributed by atoms with Gasteiger partial charge in [0.05, 0.1) is 11.7 Å². The highest BCUT2D eigenvalue weighted by molar-refractivity contribution is 7.90. The molecule has 1 saturated heterocycles. The molecule has 2 aliphatic rings. The number of nitrogens with zero attached hydrogens (tertiary/aromatic N) is 2. The number of nitrogens with one attached hydrogen (secondary N) is 1. The first kappa shape index (κ1) is 20.5. The largest absolute Gasteiger partial charge is 0.341 e. The molecule has 1 N–H and O–H groups in total. The van der Waals surface area contributed by atoms with Crippen molar-refractivity contribution < 1.29 is 18.0 Å². The van der Waals surface area contributed by atoms with Crippen molar-refractivity contribution in [3.05, 3.63) is 24.3 Å². The van der Waals surface area contributed by atoms with Gasteiger partial charge in [-0.1, -0.05) is 45.7 Å². The molecule has 8 heteroatoms. The number of para-hydroxylation sites is 1. The Morgan fingerprint density at radius 1 is 1.18 bits per heavy atom. The fourth-order valence-corrected chi connectivity index (χ4v) is 4.94. The van der Waals surface area contributed by atoms with Crippen molar-refractivity contribution in [2.75, 3.05) is 11.9 Å². The smallest absolute Gasteiger partial charge is 0.286 e. The molecule has 0 bridgehead atoms. The summed E-state index contributed by atoms with van der Waals surface area (Å²) in [7, 11) is -3.95. The van der Waals surface area contributed by atoms with Crippen molar-refractivity contribution in [3.8, 4) is 0 Å². The Bertz CT molecular complexity index is 908. The van der Waals surface area contributed by atoms with E-state index >= 15 is 0 Å². The van der Waals surface area contributed by atoms with Crippen molar-refractivity contribution >= 4 is 33.2 Å². The second kappa shape index (κ2) is 8.03. The third kappa shape index (κ3) is 3.83. The summed E-state index contributed by atoms with van der Waals surface area (Å²) in [6.07, 6.45) is 3.36. The molecular formula is C20H27N3O4S. The minimum Gasteiger partial charge on any atom is -0.341 e. The molecule has 28 heavy (non-hydrogen) atoms. The van der Waals surface area contributed by atoms with Crippen LogP contribution in [0.1, 0.15) is 46.5 Å². The number of hydrogen-bond donors (Lipinski definition) is 1. The zero-order chi connectivity index (χ0) is 20.5. The van der Waals surface area contributed by atoms with Gasteiger partial charge in [-0.15, -0.1) is 4.40 Å². The number of fused-ring (bicyclic) bond motifs is 1. The number of hydrogen-bond acceptors (Lipinski definition) is 5. The monoisotopic (exact) mass is 405 g/mol. The van der Waals surface area contributed by atoms with Gasteiger partial charge in [-0.3, -0.25) is 9.59 Å². The lowest BCUT2D eigenvalue weighted by molar-refractivity contribution is -0.130. The van der Waals surface area contributed by atoms with Gasteiger partial charge in [0.25, 0.3) is 10.0 Å². The van der Waals surface area contributed by atoms with Gasteiger partial charge in [0.2, 0.25) is 5.91 Å². The summed E-state index contributed by atoms with van der Waals surface area (Å²) in [6, 6.07) is 5.84. The number of unbranched alkanes of at least 4 members (excludes halogenated alkanes) is 2. The fraction of sp³-hybridized carbons (Fsp3) is 0.550. The molecule has 2 heterocycles. The van der Waals surface area contributed by atoms with E-state index in [0.29, 0.717) is 18.7 Å². The Kier molecular flexibility index (Phi) is 5.88. The number of anilines is 1. The molecule has 0 radical (unpaired) electrons. The molecule has 2 aliphatic heterocycles. The van der Waals surface area contributed by atoms with Gasteiger partial charge in [-0.05, 0) is 30.9 Å². The summed E-state index contributed by atoms with van der Waals surface area (Å²) in [5, 5.41) is 2.92. The van der Waals surface area contributed by atoms with E-state index in [0.717, 1.165) is 19.3 Å². The van der Waals surface area contributed by atoms with Crippen molar-refractivity contribution in [1.82, 2.24) is 4.90 Å². The Balaban J connectivity index is 1.94. The standard InChI is InChI=1S/C20H27N3O4S/c1-4-5-8-11-23-15(12-13(2)3)18(24)17(20(23)25)19-21-14-9-6-7-10-16(14)28(26,27)22-19/h6-7,9-10,13,15,17H,4-5,8,11-12H2,1-3H3,(H,21,22)/t15-,17?/m0/s1. The minimum absolute atomic E-state index is 0.0511. The van der Waals surface area contributed by atoms with E-state index < -0.39 is 22.0 Å². The Morgan fingerprint density at radius 3 is 2.57 bits per heavy atom. The van der Waals surface area contributed by atoms with Crippen LogP contribution in [0.25, 0.3) is 0 Å². The second-order valence-electron chi connectivity index (χ2n) is 7.79. The van der Waals surface area contributed by atoms with Gasteiger partial charge >= 0.3 is 0 Å². The van der Waals surface area contributed by atoms with Gasteiger partial charge in [0.1, 0.15) is 10.7 Å². The molecule has 0 saturated carbocycles. The normalized spacial score (nSPS) is 23.6. The van der Waals surface area contributed by atoms with Crippen LogP contribution in [0, 0.1) is 11.8 Å². The van der Waals surface area contributed by atoms with E-state index in [2.05, 4.69) is 16.6 Å². The lowest BCUT2D eigenvalue weighted by Gasteiger charge is -2.24. The van der Waals surface area contributed by atoms with E-state index in [1.807, 2.05) is 13.8 Å². The molecule has 0 aromatic heterocycles. The van der Waals surface area contributed by atoms with Gasteiger partial charge in [-0.2, -0.15) is 8.42 Å². The van der Waals surface area contributed by atoms with Crippen molar-refractivity contribution in [2.45, 2.75) is 57.4 Å². The number of benzene rings is 1. The number of carbonyl (C=O) groups excluding carboxylic acids is 2. The summed E-state index contributed by atoms with van der Waals surface area (Å²) in [6.45, 7) is 6.59. The first-order chi connectivity index (χ1) is 13.3. The highest BCUT2D eigenvalue weighted by Crippen LogP contribution is 2.33. The Morgan fingerprint density at radius 2 is 1.89 bits per heavy atom. The topological polar surface area (TPSA) is 95.9 Å². The van der Waals surface area contributed by atoms with Crippen molar-refractivity contribution in [1.29, 1.82) is 0 Å². The average Bonchev–Trinajstić information content (AvgIpc) is 2.85. The van der Waals surface area contributed by atoms with Crippen LogP contribution in [0.4, 0.5) is 5.69 Å². The van der Waals surface area contributed by atoms with Crippen LogP contribution < -0.4 is 5.32 Å². The maximum absolute atomic E-state index is 13.1. The SMILES string of the molecule is CCCCCN1C(=O)C(C2=NS(=O)(=O)c3ccccc3N2)C(=O)[C@@H]1CC(C)C. The quantitative estimate of drug-likeness (QED) is 0.556. The lowest BCUT2D eigenvalue weighted by Crippen LogP contribution is -2.38. The number of ketones is 1. The predicted molar refractivity (Wildman–Crippen MR) is 108 cm³/mol. The van der Waals surface area contributed by atoms with Crippen LogP contribution in [-0.4, -0.2) is 43.4 Å². The Hall–Kier alpha value is -2.22. The van der Waals surface area contributed by atoms with Gasteiger partial charge in [0, 0.05) is 6.54 Å². The fourth-order valence-electron chi connectivity index (χ4n) is 3.79. The van der Waals surface area contributed by atoms with Crippen LogP contribution in [-0.2, 0) is 19.6 Å². The van der Waals surface area contributed by atoms with Crippen molar-refractivity contribution in [2.24, 2.45) is 16.2 Å². The second-order valence-corrected chi connectivity index (χ2v) is 9.36. The third-order valence-electron chi connectivity index (χ3n) is 5.14. The van der Waals surface area contributed by atoms with Crippen LogP contribution in [0.2, 0.25) is 0 Å². The minimum atomic E-state index is -3.95. The summed E-state index contributed by atoms with van der Waals surface area (Å²) < 4.78 is 28.9. The maximum atomic E-state index is 13.1. The molecule has 3 rings (SSSR count). The Labute approximate surface area is 166 Å². The number of sulfonamides is 1. The average molecular weight is 406 g/mol. The molecule has 1 aromatic rings. The van der Waals surface area contributed by atoms with E-state index in [-0.39, 0.29) is 28.3 Å². The molecule has 1 amide bonds. The molecule has 152 valence electrons. The van der Waals surface area contributed by atoms with E-state index in [1.165, 1.54) is 6.07 Å². The van der Waals surface area contributed by atoms with Gasteiger partial charge in [-0.25, -0.2) is 0 Å². The molecule has 0 aliphatic carbocycles. The van der Waals surface area contributed by atoms with E-state index in [1.54, 1.807) is 23.1 Å². The highest BCUT2D eigenvalue weighted by Gasteiger charge is 2.50. The van der Waals surface area contributed by atoms with Gasteiger partial charge in [0.15, 0.2) is 11.7 Å². The lowest BCUT2D eigenvalue weighted by atomic mass is 9.95. The summed E-state index contributed by atoms with van der Waals surface area (Å²) in [4.78, 5) is 27.9. The molecule has 2 atom stereocenters. The maximum Gasteiger partial charge on any atom is 0.286 e. The number of carbonyl (C=O) groups is 2. The van der Waals surface area contributed by atoms with Crippen LogP contribution >= 0.6 is 0 Å². The highest BCUT2D eigenvalue weighted by atomic mass is 32.2. The summed E-state index contributed by atoms with van der Waals surface area (Å²) in [5.41, 5.74) is 0.345.